The number of ether oxygens (including phenoxy) is 1. The van der Waals surface area contributed by atoms with E-state index in [1.54, 1.807) is 47.7 Å². The Morgan fingerprint density at radius 3 is 2.58 bits per heavy atom. The summed E-state index contributed by atoms with van der Waals surface area (Å²) in [6, 6.07) is 27.3. The van der Waals surface area contributed by atoms with Gasteiger partial charge in [0.25, 0.3) is 11.8 Å². The molecule has 2 aromatic heterocycles. The number of nitrogens with one attached hydrogen (secondary N) is 1. The molecule has 0 atom stereocenters. The van der Waals surface area contributed by atoms with E-state index in [1.807, 2.05) is 67.6 Å². The first-order valence-electron chi connectivity index (χ1n) is 12.2. The van der Waals surface area contributed by atoms with Gasteiger partial charge in [-0.1, -0.05) is 36.4 Å². The quantitative estimate of drug-likeness (QED) is 0.291. The van der Waals surface area contributed by atoms with Crippen LogP contribution in [0.2, 0.25) is 0 Å². The average Bonchev–Trinajstić information content (AvgIpc) is 3.42. The van der Waals surface area contributed by atoms with Crippen molar-refractivity contribution in [2.24, 2.45) is 0 Å². The van der Waals surface area contributed by atoms with E-state index in [-0.39, 0.29) is 11.8 Å². The smallest absolute Gasteiger partial charge is 0.258 e. The highest BCUT2D eigenvalue weighted by Gasteiger charge is 2.27. The SMILES string of the molecule is Cc1cc(NC(=O)c2ccccc2-c2ccco2)ccc1C(=O)N1Cc2cccnc2Oc2ccccc21. The second-order valence-corrected chi connectivity index (χ2v) is 8.94. The number of anilines is 2. The third kappa shape index (κ3) is 4.30. The van der Waals surface area contributed by atoms with Crippen LogP contribution in [0.25, 0.3) is 11.3 Å². The van der Waals surface area contributed by atoms with Gasteiger partial charge in [-0.05, 0) is 67.1 Å². The summed E-state index contributed by atoms with van der Waals surface area (Å²) in [6.07, 6.45) is 3.25. The van der Waals surface area contributed by atoms with Gasteiger partial charge in [0.15, 0.2) is 5.75 Å². The standard InChI is InChI=1S/C31H23N3O4/c1-20-18-22(33-29(35)25-10-3-2-9-24(25)27-13-7-17-37-27)14-15-23(20)31(36)34-19-21-8-6-16-32-30(21)38-28-12-5-4-11-26(28)34/h2-18H,19H2,1H3,(H,33,35). The summed E-state index contributed by atoms with van der Waals surface area (Å²) in [5.74, 6) is 1.23. The number of fused-ring (bicyclic) bond motifs is 2. The van der Waals surface area contributed by atoms with Crippen LogP contribution in [-0.4, -0.2) is 16.8 Å². The van der Waals surface area contributed by atoms with Gasteiger partial charge in [-0.25, -0.2) is 4.98 Å². The summed E-state index contributed by atoms with van der Waals surface area (Å²) >= 11 is 0. The molecule has 2 amide bonds. The van der Waals surface area contributed by atoms with E-state index in [1.165, 1.54) is 0 Å². The van der Waals surface area contributed by atoms with E-state index < -0.39 is 0 Å². The second kappa shape index (κ2) is 9.71. The average molecular weight is 502 g/mol. The number of carbonyl (C=O) groups excluding carboxylic acids is 2. The predicted octanol–water partition coefficient (Wildman–Crippen LogP) is 6.86. The molecule has 3 aromatic carbocycles. The molecule has 0 saturated heterocycles. The number of benzene rings is 3. The van der Waals surface area contributed by atoms with Gasteiger partial charge in [-0.15, -0.1) is 0 Å². The Hall–Kier alpha value is -5.17. The van der Waals surface area contributed by atoms with E-state index in [9.17, 15) is 9.59 Å². The maximum Gasteiger partial charge on any atom is 0.258 e. The molecule has 0 unspecified atom stereocenters. The van der Waals surface area contributed by atoms with Gasteiger partial charge in [0, 0.05) is 28.6 Å². The van der Waals surface area contributed by atoms with Gasteiger partial charge < -0.3 is 19.4 Å². The fraction of sp³-hybridized carbons (Fsp3) is 0.0645. The summed E-state index contributed by atoms with van der Waals surface area (Å²) in [7, 11) is 0. The van der Waals surface area contributed by atoms with Gasteiger partial charge in [0.05, 0.1) is 24.1 Å². The highest BCUT2D eigenvalue weighted by Crippen LogP contribution is 2.38. The normalized spacial score (nSPS) is 12.1. The largest absolute Gasteiger partial charge is 0.464 e. The number of hydrogen-bond acceptors (Lipinski definition) is 5. The van der Waals surface area contributed by atoms with Gasteiger partial charge in [-0.3, -0.25) is 9.59 Å². The predicted molar refractivity (Wildman–Crippen MR) is 145 cm³/mol. The van der Waals surface area contributed by atoms with Gasteiger partial charge >= 0.3 is 0 Å². The number of carbonyl (C=O) groups is 2. The molecule has 1 aliphatic rings. The zero-order valence-corrected chi connectivity index (χ0v) is 20.5. The molecular weight excluding hydrogens is 478 g/mol. The van der Waals surface area contributed by atoms with Crippen molar-refractivity contribution in [1.29, 1.82) is 0 Å². The topological polar surface area (TPSA) is 84.7 Å². The Kier molecular flexibility index (Phi) is 5.94. The minimum absolute atomic E-state index is 0.170. The van der Waals surface area contributed by atoms with E-state index in [4.69, 9.17) is 9.15 Å². The monoisotopic (exact) mass is 501 g/mol. The van der Waals surface area contributed by atoms with Crippen LogP contribution in [0.15, 0.2) is 108 Å². The van der Waals surface area contributed by atoms with Crippen LogP contribution in [0.1, 0.15) is 31.8 Å². The number of para-hydroxylation sites is 2. The molecular formula is C31H23N3O4. The first kappa shape index (κ1) is 23.2. The van der Waals surface area contributed by atoms with Crippen LogP contribution < -0.4 is 15.0 Å². The van der Waals surface area contributed by atoms with Crippen LogP contribution in [0.3, 0.4) is 0 Å². The fourth-order valence-corrected chi connectivity index (χ4v) is 4.60. The molecule has 3 heterocycles. The Morgan fingerprint density at radius 1 is 0.895 bits per heavy atom. The van der Waals surface area contributed by atoms with Crippen LogP contribution in [0.5, 0.6) is 11.6 Å². The molecule has 0 bridgehead atoms. The molecule has 7 nitrogen and oxygen atoms in total. The maximum atomic E-state index is 13.8. The van der Waals surface area contributed by atoms with Crippen molar-refractivity contribution in [3.8, 4) is 23.0 Å². The molecule has 0 fully saturated rings. The molecule has 186 valence electrons. The van der Waals surface area contributed by atoms with Crippen molar-refractivity contribution in [2.45, 2.75) is 13.5 Å². The number of aryl methyl sites for hydroxylation is 1. The van der Waals surface area contributed by atoms with Crippen molar-refractivity contribution >= 4 is 23.2 Å². The first-order valence-corrected chi connectivity index (χ1v) is 12.2. The van der Waals surface area contributed by atoms with Crippen molar-refractivity contribution in [3.05, 3.63) is 126 Å². The minimum atomic E-state index is -0.266. The molecule has 0 radical (unpaired) electrons. The first-order chi connectivity index (χ1) is 18.6. The molecule has 5 aromatic rings. The highest BCUT2D eigenvalue weighted by molar-refractivity contribution is 6.10. The van der Waals surface area contributed by atoms with Crippen molar-refractivity contribution < 1.29 is 18.7 Å². The summed E-state index contributed by atoms with van der Waals surface area (Å²) in [6.45, 7) is 2.18. The van der Waals surface area contributed by atoms with Crippen molar-refractivity contribution in [2.75, 3.05) is 10.2 Å². The number of rotatable bonds is 4. The lowest BCUT2D eigenvalue weighted by atomic mass is 10.0. The number of aromatic nitrogens is 1. The van der Waals surface area contributed by atoms with Crippen LogP contribution in [0, 0.1) is 6.92 Å². The summed E-state index contributed by atoms with van der Waals surface area (Å²) in [5, 5.41) is 2.95. The molecule has 1 aliphatic heterocycles. The number of hydrogen-bond donors (Lipinski definition) is 1. The van der Waals surface area contributed by atoms with Crippen molar-refractivity contribution in [3.63, 3.8) is 0 Å². The minimum Gasteiger partial charge on any atom is -0.464 e. The van der Waals surface area contributed by atoms with Gasteiger partial charge in [0.1, 0.15) is 5.76 Å². The fourth-order valence-electron chi connectivity index (χ4n) is 4.60. The Labute approximate surface area is 219 Å². The number of nitrogens with zero attached hydrogens (tertiary/aromatic N) is 2. The van der Waals surface area contributed by atoms with E-state index in [0.717, 1.165) is 11.1 Å². The lowest BCUT2D eigenvalue weighted by Crippen LogP contribution is -2.30. The molecule has 38 heavy (non-hydrogen) atoms. The molecule has 1 N–H and O–H groups in total. The third-order valence-electron chi connectivity index (χ3n) is 6.46. The molecule has 0 saturated carbocycles. The Morgan fingerprint density at radius 2 is 1.74 bits per heavy atom. The lowest BCUT2D eigenvalue weighted by molar-refractivity contribution is 0.0983. The van der Waals surface area contributed by atoms with E-state index in [2.05, 4.69) is 10.3 Å². The van der Waals surface area contributed by atoms with Crippen LogP contribution >= 0.6 is 0 Å². The third-order valence-corrected chi connectivity index (χ3v) is 6.46. The van der Waals surface area contributed by atoms with Gasteiger partial charge in [0.2, 0.25) is 5.88 Å². The molecule has 0 aliphatic carbocycles. The van der Waals surface area contributed by atoms with Crippen LogP contribution in [0.4, 0.5) is 11.4 Å². The zero-order chi connectivity index (χ0) is 26.1. The summed E-state index contributed by atoms with van der Waals surface area (Å²) < 4.78 is 11.5. The Balaban J connectivity index is 1.28. The molecule has 7 heteroatoms. The summed E-state index contributed by atoms with van der Waals surface area (Å²) in [5.41, 5.74) is 4.54. The number of pyridine rings is 1. The van der Waals surface area contributed by atoms with Crippen molar-refractivity contribution in [1.82, 2.24) is 4.98 Å². The zero-order valence-electron chi connectivity index (χ0n) is 20.5. The van der Waals surface area contributed by atoms with E-state index in [0.29, 0.717) is 52.0 Å². The van der Waals surface area contributed by atoms with Gasteiger partial charge in [-0.2, -0.15) is 0 Å². The molecule has 0 spiro atoms. The second-order valence-electron chi connectivity index (χ2n) is 8.94. The van der Waals surface area contributed by atoms with E-state index >= 15 is 0 Å². The summed E-state index contributed by atoms with van der Waals surface area (Å²) in [4.78, 5) is 33.0. The number of furan rings is 1. The Bertz CT molecular complexity index is 1660. The molecule has 6 rings (SSSR count). The number of amides is 2. The van der Waals surface area contributed by atoms with Crippen LogP contribution in [-0.2, 0) is 6.54 Å². The maximum absolute atomic E-state index is 13.8. The highest BCUT2D eigenvalue weighted by atomic mass is 16.5. The lowest BCUT2D eigenvalue weighted by Gasteiger charge is -2.23.